The van der Waals surface area contributed by atoms with Crippen LogP contribution in [-0.4, -0.2) is 44.5 Å². The van der Waals surface area contributed by atoms with Gasteiger partial charge in [-0.2, -0.15) is 0 Å². The van der Waals surface area contributed by atoms with Crippen molar-refractivity contribution in [2.75, 3.05) is 27.7 Å². The van der Waals surface area contributed by atoms with E-state index in [1.54, 1.807) is 20.2 Å². The molecule has 2 aromatic rings. The van der Waals surface area contributed by atoms with Crippen LogP contribution in [0.4, 0.5) is 0 Å². The van der Waals surface area contributed by atoms with Gasteiger partial charge in [0.2, 0.25) is 0 Å². The minimum absolute atomic E-state index is 0. The Kier molecular flexibility index (Phi) is 10.4. The third-order valence-corrected chi connectivity index (χ3v) is 4.09. The van der Waals surface area contributed by atoms with Crippen molar-refractivity contribution in [1.29, 1.82) is 0 Å². The van der Waals surface area contributed by atoms with Crippen molar-refractivity contribution in [3.8, 4) is 5.75 Å². The van der Waals surface area contributed by atoms with Gasteiger partial charge >= 0.3 is 0 Å². The fourth-order valence-electron chi connectivity index (χ4n) is 2.74. The predicted octanol–water partition coefficient (Wildman–Crippen LogP) is 3.27. The van der Waals surface area contributed by atoms with E-state index in [-0.39, 0.29) is 29.9 Å². The molecule has 2 rings (SSSR count). The van der Waals surface area contributed by atoms with E-state index in [4.69, 9.17) is 4.74 Å². The Morgan fingerprint density at radius 1 is 1.14 bits per heavy atom. The number of halogens is 1. The van der Waals surface area contributed by atoms with Crippen molar-refractivity contribution >= 4 is 35.8 Å². The van der Waals surface area contributed by atoms with Crippen LogP contribution in [0.15, 0.2) is 53.5 Å². The highest BCUT2D eigenvalue weighted by molar-refractivity contribution is 14.0. The van der Waals surface area contributed by atoms with E-state index in [0.717, 1.165) is 23.8 Å². The maximum atomic E-state index is 11.8. The molecule has 0 aliphatic heterocycles. The number of rotatable bonds is 7. The molecule has 0 spiro atoms. The first-order valence-corrected chi connectivity index (χ1v) is 9.02. The Morgan fingerprint density at radius 3 is 2.46 bits per heavy atom. The molecule has 2 N–H and O–H groups in total. The molecule has 0 fully saturated rings. The van der Waals surface area contributed by atoms with E-state index in [2.05, 4.69) is 32.7 Å². The Bertz CT molecular complexity index is 778. The number of benzene rings is 2. The van der Waals surface area contributed by atoms with Gasteiger partial charge in [0.1, 0.15) is 5.75 Å². The number of amides is 1. The maximum absolute atomic E-state index is 11.8. The number of nitrogens with one attached hydrogen (secondary N) is 2. The van der Waals surface area contributed by atoms with Gasteiger partial charge < -0.3 is 20.3 Å². The van der Waals surface area contributed by atoms with Crippen molar-refractivity contribution in [1.82, 2.24) is 15.5 Å². The summed E-state index contributed by atoms with van der Waals surface area (Å²) in [5.74, 6) is 1.57. The van der Waals surface area contributed by atoms with Crippen LogP contribution < -0.4 is 15.4 Å². The van der Waals surface area contributed by atoms with E-state index in [1.807, 2.05) is 44.3 Å². The van der Waals surface area contributed by atoms with E-state index >= 15 is 0 Å². The number of nitrogens with zero attached hydrogens (tertiary/aromatic N) is 2. The molecule has 6 nitrogen and oxygen atoms in total. The molecule has 0 radical (unpaired) electrons. The molecule has 0 saturated carbocycles. The summed E-state index contributed by atoms with van der Waals surface area (Å²) in [6.45, 7) is 3.95. The molecule has 0 saturated heterocycles. The van der Waals surface area contributed by atoms with Crippen molar-refractivity contribution in [3.63, 3.8) is 0 Å². The van der Waals surface area contributed by atoms with Gasteiger partial charge in [-0.3, -0.25) is 9.79 Å². The normalized spacial score (nSPS) is 10.6. The Morgan fingerprint density at radius 2 is 1.86 bits per heavy atom. The van der Waals surface area contributed by atoms with E-state index < -0.39 is 0 Å². The van der Waals surface area contributed by atoms with Crippen LogP contribution in [0.1, 0.15) is 28.4 Å². The van der Waals surface area contributed by atoms with Gasteiger partial charge in [-0.25, -0.2) is 0 Å². The highest BCUT2D eigenvalue weighted by Gasteiger charge is 2.08. The quantitative estimate of drug-likeness (QED) is 0.351. The maximum Gasteiger partial charge on any atom is 0.251 e. The van der Waals surface area contributed by atoms with E-state index in [0.29, 0.717) is 18.7 Å². The highest BCUT2D eigenvalue weighted by Crippen LogP contribution is 2.13. The number of aliphatic imine (C=N–C) groups is 1. The molecule has 0 heterocycles. The molecule has 0 aliphatic carbocycles. The van der Waals surface area contributed by atoms with Crippen LogP contribution >= 0.6 is 24.0 Å². The lowest BCUT2D eigenvalue weighted by atomic mass is 10.1. The molecular weight excluding hydrogens is 467 g/mol. The minimum Gasteiger partial charge on any atom is -0.494 e. The smallest absolute Gasteiger partial charge is 0.251 e. The number of carbonyl (C=O) groups excluding carboxylic acids is 1. The standard InChI is InChI=1S/C21H28N4O2.HI/c1-5-27-19-11-9-16(10-12-19)15-25(4)21(23-3)24-14-17-7-6-8-18(13-17)20(26)22-2;/h6-13H,5,14-15H2,1-4H3,(H,22,26)(H,23,24);1H. The topological polar surface area (TPSA) is 66.0 Å². The summed E-state index contributed by atoms with van der Waals surface area (Å²) >= 11 is 0. The van der Waals surface area contributed by atoms with Crippen LogP contribution in [0.2, 0.25) is 0 Å². The molecule has 0 aromatic heterocycles. The van der Waals surface area contributed by atoms with Gasteiger partial charge in [0.15, 0.2) is 5.96 Å². The number of hydrogen-bond donors (Lipinski definition) is 2. The first kappa shape index (κ1) is 23.7. The molecule has 28 heavy (non-hydrogen) atoms. The summed E-state index contributed by atoms with van der Waals surface area (Å²) in [4.78, 5) is 18.2. The second kappa shape index (κ2) is 12.2. The molecule has 152 valence electrons. The molecule has 7 heteroatoms. The number of guanidine groups is 1. The van der Waals surface area contributed by atoms with E-state index in [9.17, 15) is 4.79 Å². The van der Waals surface area contributed by atoms with Crippen molar-refractivity contribution < 1.29 is 9.53 Å². The lowest BCUT2D eigenvalue weighted by molar-refractivity contribution is 0.0963. The third-order valence-electron chi connectivity index (χ3n) is 4.09. The van der Waals surface area contributed by atoms with Gasteiger partial charge in [-0.1, -0.05) is 24.3 Å². The number of hydrogen-bond acceptors (Lipinski definition) is 3. The fraction of sp³-hybridized carbons (Fsp3) is 0.333. The molecule has 0 unspecified atom stereocenters. The Labute approximate surface area is 184 Å². The van der Waals surface area contributed by atoms with Gasteiger partial charge in [0.25, 0.3) is 5.91 Å². The second-order valence-corrected chi connectivity index (χ2v) is 6.11. The van der Waals surface area contributed by atoms with Crippen LogP contribution in [0.5, 0.6) is 5.75 Å². The summed E-state index contributed by atoms with van der Waals surface area (Å²) < 4.78 is 5.48. The van der Waals surface area contributed by atoms with Crippen LogP contribution in [0.25, 0.3) is 0 Å². The lowest BCUT2D eigenvalue weighted by Crippen LogP contribution is -2.38. The average Bonchev–Trinajstić information content (AvgIpc) is 2.69. The lowest BCUT2D eigenvalue weighted by Gasteiger charge is -2.22. The monoisotopic (exact) mass is 496 g/mol. The van der Waals surface area contributed by atoms with Crippen molar-refractivity contribution in [2.45, 2.75) is 20.0 Å². The zero-order chi connectivity index (χ0) is 19.6. The highest BCUT2D eigenvalue weighted by atomic mass is 127. The molecule has 0 aliphatic rings. The Hall–Kier alpha value is -2.29. The van der Waals surface area contributed by atoms with Crippen LogP contribution in [-0.2, 0) is 13.1 Å². The summed E-state index contributed by atoms with van der Waals surface area (Å²) in [5, 5.41) is 5.98. The van der Waals surface area contributed by atoms with Gasteiger partial charge in [0, 0.05) is 39.8 Å². The molecule has 1 amide bonds. The van der Waals surface area contributed by atoms with E-state index in [1.165, 1.54) is 5.56 Å². The van der Waals surface area contributed by atoms with Crippen LogP contribution in [0, 0.1) is 0 Å². The van der Waals surface area contributed by atoms with Gasteiger partial charge in [-0.15, -0.1) is 24.0 Å². The summed E-state index contributed by atoms with van der Waals surface area (Å²) in [5.41, 5.74) is 2.84. The zero-order valence-corrected chi connectivity index (χ0v) is 19.2. The summed E-state index contributed by atoms with van der Waals surface area (Å²) in [7, 11) is 5.38. The average molecular weight is 496 g/mol. The number of ether oxygens (including phenoxy) is 1. The summed E-state index contributed by atoms with van der Waals surface area (Å²) in [6.07, 6.45) is 0. The van der Waals surface area contributed by atoms with Crippen molar-refractivity contribution in [3.05, 3.63) is 65.2 Å². The van der Waals surface area contributed by atoms with Crippen LogP contribution in [0.3, 0.4) is 0 Å². The second-order valence-electron chi connectivity index (χ2n) is 6.11. The third kappa shape index (κ3) is 7.03. The van der Waals surface area contributed by atoms with Gasteiger partial charge in [0.05, 0.1) is 6.61 Å². The Balaban J connectivity index is 0.00000392. The fourth-order valence-corrected chi connectivity index (χ4v) is 2.74. The minimum atomic E-state index is -0.0890. The molecule has 2 aromatic carbocycles. The summed E-state index contributed by atoms with van der Waals surface area (Å²) in [6, 6.07) is 15.6. The molecule has 0 bridgehead atoms. The largest absolute Gasteiger partial charge is 0.494 e. The molecule has 0 atom stereocenters. The SMILES string of the molecule is CCOc1ccc(CN(C)C(=NC)NCc2cccc(C(=O)NC)c2)cc1.I. The zero-order valence-electron chi connectivity index (χ0n) is 16.9. The predicted molar refractivity (Wildman–Crippen MR) is 125 cm³/mol. The first-order chi connectivity index (χ1) is 13.1. The molecular formula is C21H29IN4O2. The number of carbonyl (C=O) groups is 1. The van der Waals surface area contributed by atoms with Gasteiger partial charge in [-0.05, 0) is 42.3 Å². The van der Waals surface area contributed by atoms with Crippen molar-refractivity contribution in [2.24, 2.45) is 4.99 Å². The first-order valence-electron chi connectivity index (χ1n) is 9.02.